The van der Waals surface area contributed by atoms with Crippen molar-refractivity contribution in [3.05, 3.63) is 95.6 Å². The molecule has 0 saturated carbocycles. The predicted octanol–water partition coefficient (Wildman–Crippen LogP) is 5.15. The van der Waals surface area contributed by atoms with Crippen LogP contribution in [0.2, 0.25) is 0 Å². The zero-order valence-electron chi connectivity index (χ0n) is 19.4. The molecule has 0 aliphatic carbocycles. The minimum Gasteiger partial charge on any atom is -0.326 e. The van der Waals surface area contributed by atoms with Gasteiger partial charge >= 0.3 is 0 Å². The molecule has 3 aromatic carbocycles. The van der Waals surface area contributed by atoms with Crippen molar-refractivity contribution in [3.8, 4) is 0 Å². The summed E-state index contributed by atoms with van der Waals surface area (Å²) in [6.07, 6.45) is 1.63. The maximum Gasteiger partial charge on any atom is 0.240 e. The number of amides is 1. The summed E-state index contributed by atoms with van der Waals surface area (Å²) in [5.41, 5.74) is 3.84. The lowest BCUT2D eigenvalue weighted by molar-refractivity contribution is -0.117. The van der Waals surface area contributed by atoms with Gasteiger partial charge in [-0.1, -0.05) is 68.4 Å². The molecule has 0 bridgehead atoms. The maximum atomic E-state index is 12.7. The Morgan fingerprint density at radius 1 is 0.818 bits per heavy atom. The van der Waals surface area contributed by atoms with E-state index in [1.54, 1.807) is 12.1 Å². The molecule has 6 heteroatoms. The third-order valence-corrected chi connectivity index (χ3v) is 6.97. The van der Waals surface area contributed by atoms with E-state index in [1.807, 2.05) is 49.4 Å². The molecule has 1 unspecified atom stereocenters. The third kappa shape index (κ3) is 7.27. The highest BCUT2D eigenvalue weighted by Crippen LogP contribution is 2.21. The molecule has 0 heterocycles. The van der Waals surface area contributed by atoms with E-state index in [9.17, 15) is 13.2 Å². The minimum absolute atomic E-state index is 0.136. The average molecular weight is 465 g/mol. The van der Waals surface area contributed by atoms with Crippen molar-refractivity contribution in [2.75, 3.05) is 11.9 Å². The molecule has 33 heavy (non-hydrogen) atoms. The Labute approximate surface area is 197 Å². The topological polar surface area (TPSA) is 75.3 Å². The molecule has 3 rings (SSSR count). The first-order chi connectivity index (χ1) is 15.7. The molecule has 0 radical (unpaired) electrons. The van der Waals surface area contributed by atoms with Crippen LogP contribution in [0.1, 0.15) is 43.4 Å². The Bertz CT molecular complexity index is 1140. The van der Waals surface area contributed by atoms with Crippen molar-refractivity contribution < 1.29 is 13.2 Å². The van der Waals surface area contributed by atoms with Crippen LogP contribution in [0.5, 0.6) is 0 Å². The van der Waals surface area contributed by atoms with Crippen molar-refractivity contribution in [2.45, 2.75) is 44.4 Å². The van der Waals surface area contributed by atoms with E-state index >= 15 is 0 Å². The Kier molecular flexibility index (Phi) is 8.42. The highest BCUT2D eigenvalue weighted by Gasteiger charge is 2.17. The van der Waals surface area contributed by atoms with Gasteiger partial charge in [0.15, 0.2) is 0 Å². The van der Waals surface area contributed by atoms with Crippen molar-refractivity contribution >= 4 is 21.6 Å². The number of sulfonamides is 1. The number of benzene rings is 3. The number of hydrogen-bond donors (Lipinski definition) is 2. The van der Waals surface area contributed by atoms with Crippen LogP contribution in [0, 0.1) is 5.92 Å². The number of carbonyl (C=O) groups is 1. The molecule has 0 saturated heterocycles. The van der Waals surface area contributed by atoms with Gasteiger partial charge in [0.05, 0.1) is 10.8 Å². The highest BCUT2D eigenvalue weighted by atomic mass is 32.2. The molecule has 174 valence electrons. The quantitative estimate of drug-likeness (QED) is 0.436. The van der Waals surface area contributed by atoms with Gasteiger partial charge in [0.1, 0.15) is 0 Å². The first-order valence-electron chi connectivity index (χ1n) is 11.3. The predicted molar refractivity (Wildman–Crippen MR) is 134 cm³/mol. The van der Waals surface area contributed by atoms with Crippen molar-refractivity contribution in [1.82, 2.24) is 4.72 Å². The van der Waals surface area contributed by atoms with Gasteiger partial charge in [0, 0.05) is 12.2 Å². The van der Waals surface area contributed by atoms with Gasteiger partial charge in [-0.15, -0.1) is 0 Å². The van der Waals surface area contributed by atoms with Crippen molar-refractivity contribution in [1.29, 1.82) is 0 Å². The van der Waals surface area contributed by atoms with Gasteiger partial charge < -0.3 is 5.32 Å². The van der Waals surface area contributed by atoms with Crippen LogP contribution in [0.4, 0.5) is 5.69 Å². The lowest BCUT2D eigenvalue weighted by Crippen LogP contribution is -2.26. The molecule has 0 spiro atoms. The van der Waals surface area contributed by atoms with E-state index in [2.05, 4.69) is 36.0 Å². The van der Waals surface area contributed by atoms with Gasteiger partial charge in [0.25, 0.3) is 0 Å². The molecule has 3 aromatic rings. The van der Waals surface area contributed by atoms with Gasteiger partial charge in [-0.25, -0.2) is 13.1 Å². The Hall–Kier alpha value is -2.96. The van der Waals surface area contributed by atoms with Gasteiger partial charge in [-0.2, -0.15) is 0 Å². The molecule has 1 atom stereocenters. The number of carbonyl (C=O) groups excluding carboxylic acids is 1. The standard InChI is InChI=1S/C27H32N2O3S/c1-20(2)19-23-9-11-24(12-10-23)21(3)27(30)29-25-13-15-26(16-14-25)33(31,32)28-18-17-22-7-5-4-6-8-22/h4-16,20-21,28H,17-19H2,1-3H3,(H,29,30). The fourth-order valence-electron chi connectivity index (χ4n) is 3.59. The lowest BCUT2D eigenvalue weighted by atomic mass is 9.96. The molecular weight excluding hydrogens is 432 g/mol. The molecule has 0 aliphatic heterocycles. The smallest absolute Gasteiger partial charge is 0.240 e. The minimum atomic E-state index is -3.61. The van der Waals surface area contributed by atoms with Crippen LogP contribution in [0.15, 0.2) is 83.8 Å². The number of nitrogens with one attached hydrogen (secondary N) is 2. The zero-order valence-corrected chi connectivity index (χ0v) is 20.2. The third-order valence-electron chi connectivity index (χ3n) is 5.50. The van der Waals surface area contributed by atoms with E-state index in [4.69, 9.17) is 0 Å². The van der Waals surface area contributed by atoms with Crippen LogP contribution in [0.25, 0.3) is 0 Å². The summed E-state index contributed by atoms with van der Waals surface area (Å²) < 4.78 is 27.7. The highest BCUT2D eigenvalue weighted by molar-refractivity contribution is 7.89. The Morgan fingerprint density at radius 3 is 2.06 bits per heavy atom. The van der Waals surface area contributed by atoms with E-state index in [0.717, 1.165) is 17.5 Å². The van der Waals surface area contributed by atoms with Gasteiger partial charge in [-0.05, 0) is 66.6 Å². The second-order valence-corrected chi connectivity index (χ2v) is 10.5. The molecule has 0 aromatic heterocycles. The fraction of sp³-hybridized carbons (Fsp3) is 0.296. The molecule has 2 N–H and O–H groups in total. The monoisotopic (exact) mass is 464 g/mol. The normalized spacial score (nSPS) is 12.5. The SMILES string of the molecule is CC(C)Cc1ccc(C(C)C(=O)Nc2ccc(S(=O)(=O)NCCc3ccccc3)cc2)cc1. The summed E-state index contributed by atoms with van der Waals surface area (Å²) >= 11 is 0. The first kappa shape index (κ1) is 24.7. The molecule has 1 amide bonds. The molecular formula is C27H32N2O3S. The first-order valence-corrected chi connectivity index (χ1v) is 12.8. The summed E-state index contributed by atoms with van der Waals surface area (Å²) in [5.74, 6) is 0.131. The molecule has 0 aliphatic rings. The summed E-state index contributed by atoms with van der Waals surface area (Å²) in [4.78, 5) is 12.9. The van der Waals surface area contributed by atoms with Crippen LogP contribution >= 0.6 is 0 Å². The summed E-state index contributed by atoms with van der Waals surface area (Å²) in [7, 11) is -3.61. The van der Waals surface area contributed by atoms with Gasteiger partial charge in [-0.3, -0.25) is 4.79 Å². The largest absolute Gasteiger partial charge is 0.326 e. The van der Waals surface area contributed by atoms with Crippen molar-refractivity contribution in [2.24, 2.45) is 5.92 Å². The summed E-state index contributed by atoms with van der Waals surface area (Å²) in [6, 6.07) is 24.1. The van der Waals surface area contributed by atoms with E-state index in [-0.39, 0.29) is 16.7 Å². The Balaban J connectivity index is 1.56. The lowest BCUT2D eigenvalue weighted by Gasteiger charge is -2.14. The second-order valence-electron chi connectivity index (χ2n) is 8.71. The maximum absolute atomic E-state index is 12.7. The molecule has 5 nitrogen and oxygen atoms in total. The second kappa shape index (κ2) is 11.3. The summed E-state index contributed by atoms with van der Waals surface area (Å²) in [5, 5.41) is 2.88. The summed E-state index contributed by atoms with van der Waals surface area (Å²) in [6.45, 7) is 6.54. The fourth-order valence-corrected chi connectivity index (χ4v) is 4.62. The van der Waals surface area contributed by atoms with E-state index < -0.39 is 10.0 Å². The number of anilines is 1. The van der Waals surface area contributed by atoms with E-state index in [0.29, 0.717) is 24.6 Å². The Morgan fingerprint density at radius 2 is 1.45 bits per heavy atom. The number of rotatable bonds is 10. The average Bonchev–Trinajstić information content (AvgIpc) is 2.79. The van der Waals surface area contributed by atoms with E-state index in [1.165, 1.54) is 17.7 Å². The van der Waals surface area contributed by atoms with Crippen molar-refractivity contribution in [3.63, 3.8) is 0 Å². The van der Waals surface area contributed by atoms with Crippen LogP contribution in [-0.2, 0) is 27.7 Å². The van der Waals surface area contributed by atoms with Gasteiger partial charge in [0.2, 0.25) is 15.9 Å². The molecule has 0 fully saturated rings. The van der Waals surface area contributed by atoms with Crippen LogP contribution in [-0.4, -0.2) is 20.9 Å². The zero-order chi connectivity index (χ0) is 23.8. The van der Waals surface area contributed by atoms with Crippen LogP contribution in [0.3, 0.4) is 0 Å². The number of hydrogen-bond acceptors (Lipinski definition) is 3. The van der Waals surface area contributed by atoms with Crippen LogP contribution < -0.4 is 10.0 Å².